The van der Waals surface area contributed by atoms with E-state index < -0.39 is 23.9 Å². The predicted molar refractivity (Wildman–Crippen MR) is 124 cm³/mol. The standard InChI is InChI=1S/C26H25FN4O3/c1-30(31(19-28)17-21-12-14-23(27)15-13-21)25(32)24(16-20-8-4-2-5-9-20)29-26(33)34-18-22-10-6-3-7-11-22/h2-15,24H,16-18H2,1H3,(H,29,33)/t24-/m0/s1. The van der Waals surface area contributed by atoms with Crippen LogP contribution in [0.3, 0.4) is 0 Å². The van der Waals surface area contributed by atoms with Crippen molar-refractivity contribution in [3.8, 4) is 6.19 Å². The molecular weight excluding hydrogens is 435 g/mol. The van der Waals surface area contributed by atoms with Gasteiger partial charge in [0.1, 0.15) is 18.5 Å². The van der Waals surface area contributed by atoms with Gasteiger partial charge in [-0.15, -0.1) is 0 Å². The number of hydrogen-bond acceptors (Lipinski definition) is 5. The first-order valence-electron chi connectivity index (χ1n) is 10.7. The lowest BCUT2D eigenvalue weighted by Gasteiger charge is -2.30. The van der Waals surface area contributed by atoms with Gasteiger partial charge in [-0.1, -0.05) is 72.8 Å². The van der Waals surface area contributed by atoms with Crippen LogP contribution in [0.4, 0.5) is 9.18 Å². The van der Waals surface area contributed by atoms with Gasteiger partial charge in [0.05, 0.1) is 6.54 Å². The number of hydrazine groups is 1. The van der Waals surface area contributed by atoms with Crippen molar-refractivity contribution in [3.63, 3.8) is 0 Å². The molecule has 2 amide bonds. The summed E-state index contributed by atoms with van der Waals surface area (Å²) >= 11 is 0. The molecule has 0 fully saturated rings. The zero-order chi connectivity index (χ0) is 24.3. The molecule has 1 N–H and O–H groups in total. The summed E-state index contributed by atoms with van der Waals surface area (Å²) in [6, 6.07) is 23.1. The molecule has 0 aliphatic heterocycles. The summed E-state index contributed by atoms with van der Waals surface area (Å²) < 4.78 is 18.5. The van der Waals surface area contributed by atoms with E-state index in [0.29, 0.717) is 5.56 Å². The van der Waals surface area contributed by atoms with Crippen LogP contribution in [0.15, 0.2) is 84.9 Å². The molecule has 0 spiro atoms. The van der Waals surface area contributed by atoms with Crippen molar-refractivity contribution in [3.05, 3.63) is 107 Å². The van der Waals surface area contributed by atoms with Crippen LogP contribution in [-0.4, -0.2) is 35.1 Å². The minimum absolute atomic E-state index is 0.0592. The average molecular weight is 461 g/mol. The highest BCUT2D eigenvalue weighted by atomic mass is 19.1. The summed E-state index contributed by atoms with van der Waals surface area (Å²) in [5.74, 6) is -0.887. The molecule has 8 heteroatoms. The Morgan fingerprint density at radius 3 is 2.12 bits per heavy atom. The fraction of sp³-hybridized carbons (Fsp3) is 0.192. The fourth-order valence-corrected chi connectivity index (χ4v) is 3.27. The first kappa shape index (κ1) is 24.3. The Morgan fingerprint density at radius 1 is 0.941 bits per heavy atom. The van der Waals surface area contributed by atoms with Crippen molar-refractivity contribution in [1.82, 2.24) is 15.3 Å². The van der Waals surface area contributed by atoms with E-state index >= 15 is 0 Å². The highest BCUT2D eigenvalue weighted by molar-refractivity contribution is 5.85. The van der Waals surface area contributed by atoms with Gasteiger partial charge in [0, 0.05) is 13.5 Å². The molecule has 3 aromatic carbocycles. The molecule has 0 saturated heterocycles. The molecule has 0 bridgehead atoms. The summed E-state index contributed by atoms with van der Waals surface area (Å²) in [4.78, 5) is 25.8. The van der Waals surface area contributed by atoms with Crippen LogP contribution in [0.25, 0.3) is 0 Å². The van der Waals surface area contributed by atoms with Gasteiger partial charge in [0.15, 0.2) is 6.19 Å². The topological polar surface area (TPSA) is 85.7 Å². The number of carbonyl (C=O) groups is 2. The molecule has 0 heterocycles. The van der Waals surface area contributed by atoms with E-state index in [-0.39, 0.29) is 19.6 Å². The van der Waals surface area contributed by atoms with Gasteiger partial charge >= 0.3 is 6.09 Å². The Kier molecular flexibility index (Phi) is 8.58. The Morgan fingerprint density at radius 2 is 1.53 bits per heavy atom. The number of nitrogens with zero attached hydrogens (tertiary/aromatic N) is 3. The molecule has 1 atom stereocenters. The minimum Gasteiger partial charge on any atom is -0.445 e. The van der Waals surface area contributed by atoms with E-state index in [4.69, 9.17) is 4.74 Å². The number of ether oxygens (including phenoxy) is 1. The minimum atomic E-state index is -0.972. The van der Waals surface area contributed by atoms with Crippen molar-refractivity contribution >= 4 is 12.0 Å². The van der Waals surface area contributed by atoms with Crippen LogP contribution >= 0.6 is 0 Å². The Labute approximate surface area is 197 Å². The zero-order valence-electron chi connectivity index (χ0n) is 18.7. The summed E-state index contributed by atoms with van der Waals surface area (Å²) in [6.45, 7) is 0.124. The van der Waals surface area contributed by atoms with Crippen molar-refractivity contribution in [2.75, 3.05) is 7.05 Å². The van der Waals surface area contributed by atoms with Gasteiger partial charge in [0.25, 0.3) is 5.91 Å². The summed E-state index contributed by atoms with van der Waals surface area (Å²) in [5, 5.41) is 14.5. The van der Waals surface area contributed by atoms with E-state index in [1.165, 1.54) is 19.2 Å². The van der Waals surface area contributed by atoms with Crippen LogP contribution in [0, 0.1) is 17.3 Å². The number of nitriles is 1. The second kappa shape index (κ2) is 12.0. The SMILES string of the molecule is CN(C(=O)[C@H](Cc1ccccc1)NC(=O)OCc1ccccc1)N(C#N)Cc1ccc(F)cc1. The van der Waals surface area contributed by atoms with Crippen LogP contribution in [-0.2, 0) is 29.1 Å². The van der Waals surface area contributed by atoms with E-state index in [1.54, 1.807) is 12.1 Å². The fourth-order valence-electron chi connectivity index (χ4n) is 3.27. The number of benzene rings is 3. The van der Waals surface area contributed by atoms with Gasteiger partial charge in [-0.25, -0.2) is 19.2 Å². The molecule has 0 radical (unpaired) electrons. The molecule has 7 nitrogen and oxygen atoms in total. The van der Waals surface area contributed by atoms with Crippen molar-refractivity contribution < 1.29 is 18.7 Å². The molecule has 0 unspecified atom stereocenters. The third kappa shape index (κ3) is 7.07. The summed E-state index contributed by atoms with van der Waals surface area (Å²) in [7, 11) is 1.45. The molecule has 0 aliphatic carbocycles. The van der Waals surface area contributed by atoms with Gasteiger partial charge in [0.2, 0.25) is 0 Å². The van der Waals surface area contributed by atoms with Crippen molar-refractivity contribution in [2.24, 2.45) is 0 Å². The molecule has 0 aromatic heterocycles. The van der Waals surface area contributed by atoms with Crippen LogP contribution < -0.4 is 5.32 Å². The molecule has 174 valence electrons. The number of hydrogen-bond donors (Lipinski definition) is 1. The maximum atomic E-state index is 13.3. The largest absolute Gasteiger partial charge is 0.445 e. The number of likely N-dealkylation sites (N-methyl/N-ethyl adjacent to an activating group) is 1. The molecule has 3 rings (SSSR count). The van der Waals surface area contributed by atoms with Crippen LogP contribution in [0.5, 0.6) is 0 Å². The Balaban J connectivity index is 1.71. The normalized spacial score (nSPS) is 11.1. The Hall–Kier alpha value is -4.38. The van der Waals surface area contributed by atoms with E-state index in [0.717, 1.165) is 21.1 Å². The lowest BCUT2D eigenvalue weighted by atomic mass is 10.1. The number of nitrogens with one attached hydrogen (secondary N) is 1. The van der Waals surface area contributed by atoms with Gasteiger partial charge < -0.3 is 10.1 Å². The summed E-state index contributed by atoms with van der Waals surface area (Å²) in [6.07, 6.45) is 1.43. The van der Waals surface area contributed by atoms with Crippen molar-refractivity contribution in [2.45, 2.75) is 25.6 Å². The predicted octanol–water partition coefficient (Wildman–Crippen LogP) is 4.02. The van der Waals surface area contributed by atoms with Crippen LogP contribution in [0.1, 0.15) is 16.7 Å². The van der Waals surface area contributed by atoms with E-state index in [2.05, 4.69) is 5.32 Å². The van der Waals surface area contributed by atoms with E-state index in [1.807, 2.05) is 66.9 Å². The second-order valence-corrected chi connectivity index (χ2v) is 7.59. The highest BCUT2D eigenvalue weighted by Crippen LogP contribution is 2.12. The van der Waals surface area contributed by atoms with Gasteiger partial charge in [-0.2, -0.15) is 5.26 Å². The monoisotopic (exact) mass is 460 g/mol. The number of alkyl carbamates (subject to hydrolysis) is 1. The maximum absolute atomic E-state index is 13.3. The van der Waals surface area contributed by atoms with E-state index in [9.17, 15) is 19.2 Å². The lowest BCUT2D eigenvalue weighted by Crippen LogP contribution is -2.52. The molecule has 0 aliphatic rings. The second-order valence-electron chi connectivity index (χ2n) is 7.59. The van der Waals surface area contributed by atoms with Crippen LogP contribution in [0.2, 0.25) is 0 Å². The number of amides is 2. The quantitative estimate of drug-likeness (QED) is 0.296. The summed E-state index contributed by atoms with van der Waals surface area (Å²) in [5.41, 5.74) is 2.30. The highest BCUT2D eigenvalue weighted by Gasteiger charge is 2.28. The molecular formula is C26H25FN4O3. The van der Waals surface area contributed by atoms with Crippen molar-refractivity contribution in [1.29, 1.82) is 5.26 Å². The Bertz CT molecular complexity index is 1120. The zero-order valence-corrected chi connectivity index (χ0v) is 18.7. The number of rotatable bonds is 9. The average Bonchev–Trinajstić information content (AvgIpc) is 2.87. The number of halogens is 1. The number of carbonyl (C=O) groups excluding carboxylic acids is 2. The first-order valence-corrected chi connectivity index (χ1v) is 10.7. The van der Waals surface area contributed by atoms with Gasteiger partial charge in [-0.3, -0.25) is 4.79 Å². The van der Waals surface area contributed by atoms with Gasteiger partial charge in [-0.05, 0) is 28.8 Å². The molecule has 3 aromatic rings. The third-order valence-electron chi connectivity index (χ3n) is 5.13. The maximum Gasteiger partial charge on any atom is 0.408 e. The lowest BCUT2D eigenvalue weighted by molar-refractivity contribution is -0.143. The first-order chi connectivity index (χ1) is 16.5. The smallest absolute Gasteiger partial charge is 0.408 e. The molecule has 0 saturated carbocycles. The molecule has 34 heavy (non-hydrogen) atoms. The third-order valence-corrected chi connectivity index (χ3v) is 5.13.